The predicted molar refractivity (Wildman–Crippen MR) is 172 cm³/mol. The molecule has 47 heavy (non-hydrogen) atoms. The summed E-state index contributed by atoms with van der Waals surface area (Å²) < 4.78 is 9.00. The van der Waals surface area contributed by atoms with Crippen molar-refractivity contribution in [2.24, 2.45) is 5.92 Å². The van der Waals surface area contributed by atoms with E-state index in [0.29, 0.717) is 36.8 Å². The summed E-state index contributed by atoms with van der Waals surface area (Å²) in [6.45, 7) is 6.54. The van der Waals surface area contributed by atoms with Crippen molar-refractivity contribution in [1.82, 2.24) is 45.4 Å². The van der Waals surface area contributed by atoms with Crippen LogP contribution in [0.15, 0.2) is 65.3 Å². The van der Waals surface area contributed by atoms with Crippen molar-refractivity contribution >= 4 is 23.6 Å². The van der Waals surface area contributed by atoms with Gasteiger partial charge >= 0.3 is 0 Å². The van der Waals surface area contributed by atoms with Gasteiger partial charge in [-0.05, 0) is 43.9 Å². The number of rotatable bonds is 6. The molecule has 0 unspecified atom stereocenters. The van der Waals surface area contributed by atoms with Crippen LogP contribution in [0.4, 0.5) is 0 Å². The van der Waals surface area contributed by atoms with Crippen LogP contribution in [-0.4, -0.2) is 78.7 Å². The van der Waals surface area contributed by atoms with E-state index in [1.807, 2.05) is 44.2 Å². The number of fused-ring (bicyclic) bond motifs is 1. The molecule has 1 aromatic carbocycles. The lowest BCUT2D eigenvalue weighted by molar-refractivity contribution is -0.129. The van der Waals surface area contributed by atoms with Crippen molar-refractivity contribution in [3.63, 3.8) is 0 Å². The van der Waals surface area contributed by atoms with Crippen molar-refractivity contribution in [3.05, 3.63) is 78.3 Å². The molecule has 248 valence electrons. The van der Waals surface area contributed by atoms with Crippen LogP contribution in [0.2, 0.25) is 0 Å². The Morgan fingerprint density at radius 3 is 2.57 bits per heavy atom. The smallest absolute Gasteiger partial charge is 0.289 e. The van der Waals surface area contributed by atoms with Gasteiger partial charge in [0.25, 0.3) is 5.91 Å². The third-order valence-corrected chi connectivity index (χ3v) is 7.70. The first-order valence-electron chi connectivity index (χ1n) is 15.9. The van der Waals surface area contributed by atoms with Crippen LogP contribution in [-0.2, 0) is 27.5 Å². The Hall–Kier alpha value is -5.27. The molecule has 1 aliphatic heterocycles. The van der Waals surface area contributed by atoms with Gasteiger partial charge in [0.1, 0.15) is 24.2 Å². The van der Waals surface area contributed by atoms with E-state index in [-0.39, 0.29) is 67.9 Å². The summed E-state index contributed by atoms with van der Waals surface area (Å²) in [5.74, 6) is 0.315. The van der Waals surface area contributed by atoms with Crippen molar-refractivity contribution in [2.75, 3.05) is 19.6 Å². The van der Waals surface area contributed by atoms with Gasteiger partial charge in [-0.3, -0.25) is 23.9 Å². The number of furan rings is 1. The number of carbonyl (C=O) groups excluding carboxylic acids is 4. The Labute approximate surface area is 272 Å². The number of aromatic nitrogens is 5. The van der Waals surface area contributed by atoms with Gasteiger partial charge in [-0.1, -0.05) is 44.2 Å². The van der Waals surface area contributed by atoms with E-state index in [4.69, 9.17) is 4.42 Å². The fourth-order valence-corrected chi connectivity index (χ4v) is 5.40. The third kappa shape index (κ3) is 8.93. The molecule has 3 aromatic heterocycles. The fourth-order valence-electron chi connectivity index (χ4n) is 5.40. The van der Waals surface area contributed by atoms with Crippen LogP contribution in [0, 0.1) is 5.92 Å². The highest BCUT2D eigenvalue weighted by molar-refractivity contribution is 5.91. The normalized spacial score (nSPS) is 18.6. The van der Waals surface area contributed by atoms with Gasteiger partial charge in [0.05, 0.1) is 12.6 Å². The van der Waals surface area contributed by atoms with Gasteiger partial charge in [-0.2, -0.15) is 10.2 Å². The molecule has 5 rings (SSSR count). The molecule has 14 nitrogen and oxygen atoms in total. The molecule has 0 bridgehead atoms. The molecule has 0 radical (unpaired) electrons. The second kappa shape index (κ2) is 15.3. The highest BCUT2D eigenvalue weighted by Crippen LogP contribution is 2.20. The van der Waals surface area contributed by atoms with Crippen LogP contribution < -0.4 is 16.0 Å². The molecule has 0 saturated carbocycles. The molecule has 0 spiro atoms. The number of benzene rings is 1. The van der Waals surface area contributed by atoms with Crippen molar-refractivity contribution in [2.45, 2.75) is 65.2 Å². The first-order valence-corrected chi connectivity index (χ1v) is 15.9. The molecule has 0 aliphatic carbocycles. The lowest BCUT2D eigenvalue weighted by Gasteiger charge is -2.23. The molecule has 4 amide bonds. The second-order valence-corrected chi connectivity index (χ2v) is 12.0. The minimum Gasteiger partial charge on any atom is -0.454 e. The second-order valence-electron chi connectivity index (χ2n) is 12.0. The lowest BCUT2D eigenvalue weighted by Crippen LogP contribution is -2.48. The molecule has 0 saturated heterocycles. The number of nitrogens with zero attached hydrogens (tertiary/aromatic N) is 6. The quantitative estimate of drug-likeness (QED) is 0.288. The van der Waals surface area contributed by atoms with Gasteiger partial charge in [-0.15, -0.1) is 0 Å². The summed E-state index contributed by atoms with van der Waals surface area (Å²) in [4.78, 5) is 59.5. The van der Waals surface area contributed by atoms with E-state index < -0.39 is 12.1 Å². The zero-order valence-electron chi connectivity index (χ0n) is 26.9. The molecule has 1 aliphatic rings. The lowest BCUT2D eigenvalue weighted by atomic mass is 10.0. The van der Waals surface area contributed by atoms with Gasteiger partial charge in [-0.25, -0.2) is 9.67 Å². The number of hydrogen-bond acceptors (Lipinski definition) is 8. The van der Waals surface area contributed by atoms with Gasteiger partial charge in [0.15, 0.2) is 11.6 Å². The molecule has 4 aromatic rings. The predicted octanol–water partition coefficient (Wildman–Crippen LogP) is 2.54. The molecule has 14 heteroatoms. The largest absolute Gasteiger partial charge is 0.454 e. The maximum atomic E-state index is 13.5. The van der Waals surface area contributed by atoms with E-state index >= 15 is 0 Å². The minimum absolute atomic E-state index is 0.102. The van der Waals surface area contributed by atoms with E-state index in [2.05, 4.69) is 31.1 Å². The first-order chi connectivity index (χ1) is 22.7. The monoisotopic (exact) mass is 643 g/mol. The van der Waals surface area contributed by atoms with Crippen LogP contribution in [0.1, 0.15) is 68.2 Å². The number of hydrogen-bond donors (Lipinski definition) is 3. The van der Waals surface area contributed by atoms with Crippen LogP contribution in [0.3, 0.4) is 0 Å². The zero-order valence-corrected chi connectivity index (χ0v) is 26.9. The Kier molecular flexibility index (Phi) is 10.8. The summed E-state index contributed by atoms with van der Waals surface area (Å²) in [6, 6.07) is 13.1. The van der Waals surface area contributed by atoms with E-state index in [0.717, 1.165) is 5.56 Å². The van der Waals surface area contributed by atoms with Crippen molar-refractivity contribution in [1.29, 1.82) is 0 Å². The first kappa shape index (κ1) is 33.1. The van der Waals surface area contributed by atoms with Crippen molar-refractivity contribution in [3.8, 4) is 11.4 Å². The summed E-state index contributed by atoms with van der Waals surface area (Å²) in [7, 11) is 0. The Bertz CT molecular complexity index is 1660. The maximum absolute atomic E-state index is 13.5. The molecule has 0 fully saturated rings. The number of amides is 4. The third-order valence-electron chi connectivity index (χ3n) is 7.70. The van der Waals surface area contributed by atoms with Gasteiger partial charge in [0.2, 0.25) is 17.7 Å². The van der Waals surface area contributed by atoms with Gasteiger partial charge in [0, 0.05) is 44.0 Å². The minimum atomic E-state index is -0.775. The Morgan fingerprint density at radius 2 is 1.83 bits per heavy atom. The molecule has 4 heterocycles. The number of carbonyl (C=O) groups is 4. The topological polar surface area (TPSA) is 169 Å². The van der Waals surface area contributed by atoms with Crippen LogP contribution in [0.25, 0.3) is 11.4 Å². The average Bonchev–Trinajstić information content (AvgIpc) is 3.82. The van der Waals surface area contributed by atoms with E-state index in [1.165, 1.54) is 4.68 Å². The average molecular weight is 644 g/mol. The van der Waals surface area contributed by atoms with Gasteiger partial charge < -0.3 is 25.3 Å². The summed E-state index contributed by atoms with van der Waals surface area (Å²) in [5, 5.41) is 17.5. The molecular weight excluding hydrogens is 602 g/mol. The van der Waals surface area contributed by atoms with E-state index in [9.17, 15) is 19.2 Å². The Balaban J connectivity index is 1.37. The molecule has 2 atom stereocenters. The summed E-state index contributed by atoms with van der Waals surface area (Å²) >= 11 is 0. The van der Waals surface area contributed by atoms with E-state index in [1.54, 1.807) is 47.1 Å². The molecular formula is C33H41N9O5. The van der Waals surface area contributed by atoms with Crippen LogP contribution in [0.5, 0.6) is 0 Å². The standard InChI is InChI=1S/C33H41N9O5/c1-22(2)19-26-32(45)36-23(3)31-38-30(24-9-5-4-6-10-24)39-42(31)21-29(44)34-15-18-40(16-7-11-28(43)37-26)33(46)27-13-12-25(47-27)20-41-17-8-14-35-41/h4-6,8-10,12-14,17,22-23,26H,7,11,15-16,18-21H2,1-3H3,(H,34,44)(H,36,45)(H,37,43)/t23-,26+/m0/s1. The maximum Gasteiger partial charge on any atom is 0.289 e. The van der Waals surface area contributed by atoms with Crippen LogP contribution >= 0.6 is 0 Å². The zero-order chi connectivity index (χ0) is 33.3. The highest BCUT2D eigenvalue weighted by Gasteiger charge is 2.27. The fraction of sp³-hybridized carbons (Fsp3) is 0.424. The highest BCUT2D eigenvalue weighted by atomic mass is 16.4. The summed E-state index contributed by atoms with van der Waals surface area (Å²) in [5.41, 5.74) is 0.762. The van der Waals surface area contributed by atoms with Crippen molar-refractivity contribution < 1.29 is 23.6 Å². The molecule has 3 N–H and O–H groups in total. The summed E-state index contributed by atoms with van der Waals surface area (Å²) in [6.07, 6.45) is 4.34. The Morgan fingerprint density at radius 1 is 1.02 bits per heavy atom. The number of nitrogens with one attached hydrogen (secondary N) is 3. The SMILES string of the molecule is CC(C)C[C@H]1NC(=O)CCCN(C(=O)c2ccc(Cn3cccn3)o2)CCNC(=O)Cn2nc(-c3ccccc3)nc2[C@H](C)NC1=O.